The number of methoxy groups -OCH3 is 3. The second-order valence-electron chi connectivity index (χ2n) is 8.14. The SMILES string of the molecule is COc1cccc(NC(=S)Nc2cccc3cc(Oc4ccnc5cc(OC)c(OC)cc45)ccc23)c1. The van der Waals surface area contributed by atoms with Gasteiger partial charge in [-0.05, 0) is 66.1 Å². The molecule has 0 saturated carbocycles. The minimum absolute atomic E-state index is 0.480. The molecule has 0 unspecified atom stereocenters. The second kappa shape index (κ2) is 10.6. The quantitative estimate of drug-likeness (QED) is 0.226. The van der Waals surface area contributed by atoms with Crippen molar-refractivity contribution in [3.8, 4) is 28.7 Å². The van der Waals surface area contributed by atoms with E-state index in [0.29, 0.717) is 28.1 Å². The third-order valence-corrected chi connectivity index (χ3v) is 6.07. The number of pyridine rings is 1. The van der Waals surface area contributed by atoms with Crippen LogP contribution >= 0.6 is 12.2 Å². The normalized spacial score (nSPS) is 10.7. The summed E-state index contributed by atoms with van der Waals surface area (Å²) in [5, 5.41) is 9.81. The van der Waals surface area contributed by atoms with Crippen molar-refractivity contribution in [2.75, 3.05) is 32.0 Å². The maximum atomic E-state index is 6.29. The fourth-order valence-corrected chi connectivity index (χ4v) is 4.31. The van der Waals surface area contributed by atoms with Crippen molar-refractivity contribution < 1.29 is 18.9 Å². The van der Waals surface area contributed by atoms with Gasteiger partial charge in [-0.3, -0.25) is 4.98 Å². The standard InChI is InChI=1S/C29H25N3O4S/c1-33-20-8-5-7-19(15-20)31-29(37)32-24-9-4-6-18-14-21(10-11-22(18)24)36-26-12-13-30-25-17-28(35-3)27(34-2)16-23(25)26/h4-17H,1-3H3,(H2,31,32,37). The number of aromatic nitrogens is 1. The number of nitrogens with zero attached hydrogens (tertiary/aromatic N) is 1. The van der Waals surface area contributed by atoms with Gasteiger partial charge in [0.25, 0.3) is 0 Å². The van der Waals surface area contributed by atoms with E-state index in [0.717, 1.165) is 38.8 Å². The van der Waals surface area contributed by atoms with Crippen molar-refractivity contribution in [2.45, 2.75) is 0 Å². The average molecular weight is 512 g/mol. The molecule has 1 heterocycles. The van der Waals surface area contributed by atoms with Gasteiger partial charge in [-0.1, -0.05) is 18.2 Å². The highest BCUT2D eigenvalue weighted by Gasteiger charge is 2.12. The zero-order valence-electron chi connectivity index (χ0n) is 20.6. The van der Waals surface area contributed by atoms with Crippen molar-refractivity contribution in [3.63, 3.8) is 0 Å². The van der Waals surface area contributed by atoms with E-state index in [1.165, 1.54) is 0 Å². The highest BCUT2D eigenvalue weighted by atomic mass is 32.1. The Balaban J connectivity index is 1.39. The molecule has 0 fully saturated rings. The first-order chi connectivity index (χ1) is 18.1. The van der Waals surface area contributed by atoms with Crippen molar-refractivity contribution in [2.24, 2.45) is 0 Å². The zero-order chi connectivity index (χ0) is 25.8. The molecular formula is C29H25N3O4S. The smallest absolute Gasteiger partial charge is 0.175 e. The fraction of sp³-hybridized carbons (Fsp3) is 0.103. The molecule has 0 aliphatic rings. The predicted molar refractivity (Wildman–Crippen MR) is 152 cm³/mol. The molecule has 0 spiro atoms. The van der Waals surface area contributed by atoms with Crippen molar-refractivity contribution in [3.05, 3.63) is 85.1 Å². The maximum absolute atomic E-state index is 6.29. The van der Waals surface area contributed by atoms with Crippen LogP contribution < -0.4 is 29.6 Å². The third kappa shape index (κ3) is 5.19. The van der Waals surface area contributed by atoms with Gasteiger partial charge in [-0.15, -0.1) is 0 Å². The summed E-state index contributed by atoms with van der Waals surface area (Å²) >= 11 is 5.54. The molecule has 37 heavy (non-hydrogen) atoms. The molecule has 0 bridgehead atoms. The van der Waals surface area contributed by atoms with Gasteiger partial charge in [-0.25, -0.2) is 0 Å². The molecule has 1 aromatic heterocycles. The summed E-state index contributed by atoms with van der Waals surface area (Å²) in [6, 6.07) is 25.1. The Morgan fingerprint density at radius 1 is 0.703 bits per heavy atom. The van der Waals surface area contributed by atoms with Gasteiger partial charge in [0, 0.05) is 40.5 Å². The number of rotatable bonds is 7. The molecule has 0 amide bonds. The summed E-state index contributed by atoms with van der Waals surface area (Å²) in [6.07, 6.45) is 1.71. The Morgan fingerprint density at radius 3 is 2.32 bits per heavy atom. The van der Waals surface area contributed by atoms with E-state index >= 15 is 0 Å². The van der Waals surface area contributed by atoms with E-state index in [9.17, 15) is 0 Å². The lowest BCUT2D eigenvalue weighted by atomic mass is 10.1. The van der Waals surface area contributed by atoms with Crippen LogP contribution in [0, 0.1) is 0 Å². The lowest BCUT2D eigenvalue weighted by Gasteiger charge is -2.15. The summed E-state index contributed by atoms with van der Waals surface area (Å²) in [5.74, 6) is 3.35. The van der Waals surface area contributed by atoms with Crippen LogP contribution in [0.5, 0.6) is 28.7 Å². The van der Waals surface area contributed by atoms with Crippen molar-refractivity contribution in [1.82, 2.24) is 4.98 Å². The molecule has 7 nitrogen and oxygen atoms in total. The molecule has 0 aliphatic heterocycles. The third-order valence-electron chi connectivity index (χ3n) is 5.86. The van der Waals surface area contributed by atoms with Gasteiger partial charge in [0.05, 0.1) is 26.8 Å². The molecule has 0 aliphatic carbocycles. The lowest BCUT2D eigenvalue weighted by Crippen LogP contribution is -2.19. The zero-order valence-corrected chi connectivity index (χ0v) is 21.4. The molecule has 5 aromatic rings. The van der Waals surface area contributed by atoms with Crippen LogP contribution in [0.2, 0.25) is 0 Å². The molecule has 186 valence electrons. The predicted octanol–water partition coefficient (Wildman–Crippen LogP) is 7.02. The molecule has 0 atom stereocenters. The summed E-state index contributed by atoms with van der Waals surface area (Å²) in [6.45, 7) is 0. The monoisotopic (exact) mass is 511 g/mol. The summed E-state index contributed by atoms with van der Waals surface area (Å²) in [4.78, 5) is 4.45. The number of hydrogen-bond acceptors (Lipinski definition) is 6. The number of ether oxygens (including phenoxy) is 4. The van der Waals surface area contributed by atoms with Gasteiger partial charge >= 0.3 is 0 Å². The highest BCUT2D eigenvalue weighted by molar-refractivity contribution is 7.80. The summed E-state index contributed by atoms with van der Waals surface area (Å²) in [5.41, 5.74) is 2.47. The van der Waals surface area contributed by atoms with Gasteiger partial charge in [0.1, 0.15) is 17.2 Å². The van der Waals surface area contributed by atoms with Crippen molar-refractivity contribution >= 4 is 50.4 Å². The Hall–Kier alpha value is -4.56. The fourth-order valence-electron chi connectivity index (χ4n) is 4.08. The first-order valence-electron chi connectivity index (χ1n) is 11.5. The van der Waals surface area contributed by atoms with E-state index in [1.54, 1.807) is 27.5 Å². The Kier molecular flexibility index (Phi) is 6.91. The molecule has 0 radical (unpaired) electrons. The molecular weight excluding hydrogens is 486 g/mol. The number of fused-ring (bicyclic) bond motifs is 2. The number of hydrogen-bond donors (Lipinski definition) is 2. The molecule has 5 rings (SSSR count). The molecule has 8 heteroatoms. The molecule has 4 aromatic carbocycles. The minimum atomic E-state index is 0.480. The van der Waals surface area contributed by atoms with Crippen LogP contribution in [0.15, 0.2) is 85.1 Å². The first kappa shape index (κ1) is 24.1. The average Bonchev–Trinajstić information content (AvgIpc) is 2.92. The van der Waals surface area contributed by atoms with Crippen molar-refractivity contribution in [1.29, 1.82) is 0 Å². The number of benzene rings is 4. The lowest BCUT2D eigenvalue weighted by molar-refractivity contribution is 0.355. The van der Waals surface area contributed by atoms with E-state index in [-0.39, 0.29) is 0 Å². The van der Waals surface area contributed by atoms with Gasteiger partial charge in [-0.2, -0.15) is 0 Å². The first-order valence-corrected chi connectivity index (χ1v) is 11.9. The van der Waals surface area contributed by atoms with Gasteiger partial charge < -0.3 is 29.6 Å². The largest absolute Gasteiger partial charge is 0.497 e. The molecule has 2 N–H and O–H groups in total. The highest BCUT2D eigenvalue weighted by Crippen LogP contribution is 2.37. The van der Waals surface area contributed by atoms with Gasteiger partial charge in [0.2, 0.25) is 0 Å². The van der Waals surface area contributed by atoms with Crippen LogP contribution in [0.3, 0.4) is 0 Å². The Labute approximate surface area is 220 Å². The van der Waals surface area contributed by atoms with Crippen LogP contribution in [-0.2, 0) is 0 Å². The van der Waals surface area contributed by atoms with E-state index in [4.69, 9.17) is 31.2 Å². The molecule has 0 saturated heterocycles. The topological polar surface area (TPSA) is 73.9 Å². The van der Waals surface area contributed by atoms with E-state index in [2.05, 4.69) is 15.6 Å². The van der Waals surface area contributed by atoms with E-state index in [1.807, 2.05) is 78.9 Å². The number of nitrogens with one attached hydrogen (secondary N) is 2. The van der Waals surface area contributed by atoms with Crippen LogP contribution in [0.1, 0.15) is 0 Å². The second-order valence-corrected chi connectivity index (χ2v) is 8.54. The van der Waals surface area contributed by atoms with Crippen LogP contribution in [0.4, 0.5) is 11.4 Å². The summed E-state index contributed by atoms with van der Waals surface area (Å²) < 4.78 is 22.4. The summed E-state index contributed by atoms with van der Waals surface area (Å²) in [7, 11) is 4.84. The van der Waals surface area contributed by atoms with Crippen LogP contribution in [0.25, 0.3) is 21.7 Å². The van der Waals surface area contributed by atoms with Gasteiger partial charge in [0.15, 0.2) is 16.6 Å². The van der Waals surface area contributed by atoms with Crippen LogP contribution in [-0.4, -0.2) is 31.4 Å². The minimum Gasteiger partial charge on any atom is -0.497 e. The Morgan fingerprint density at radius 2 is 1.51 bits per heavy atom. The Bertz CT molecular complexity index is 1610. The maximum Gasteiger partial charge on any atom is 0.175 e. The number of thiocarbonyl (C=S) groups is 1. The van der Waals surface area contributed by atoms with E-state index < -0.39 is 0 Å². The number of anilines is 2.